The molecule has 0 aliphatic heterocycles. The quantitative estimate of drug-likeness (QED) is 0.802. The van der Waals surface area contributed by atoms with E-state index in [9.17, 15) is 5.11 Å². The highest BCUT2D eigenvalue weighted by molar-refractivity contribution is 5.40. The molecule has 0 spiro atoms. The van der Waals surface area contributed by atoms with Crippen LogP contribution in [0, 0.1) is 0 Å². The van der Waals surface area contributed by atoms with Gasteiger partial charge in [-0.15, -0.1) is 0 Å². The monoisotopic (exact) mass is 262 g/mol. The molecule has 19 heavy (non-hydrogen) atoms. The van der Waals surface area contributed by atoms with Gasteiger partial charge in [0.1, 0.15) is 0 Å². The van der Waals surface area contributed by atoms with Crippen molar-refractivity contribution in [2.24, 2.45) is 0 Å². The third-order valence-electron chi connectivity index (χ3n) is 4.32. The number of benzene rings is 1. The van der Waals surface area contributed by atoms with E-state index in [1.807, 2.05) is 12.1 Å². The lowest BCUT2D eigenvalue weighted by molar-refractivity contribution is 0.0873. The summed E-state index contributed by atoms with van der Waals surface area (Å²) >= 11 is 0. The normalized spacial score (nSPS) is 18.7. The highest BCUT2D eigenvalue weighted by Gasteiger charge is 2.25. The van der Waals surface area contributed by atoms with E-state index in [4.69, 9.17) is 5.73 Å². The zero-order valence-electron chi connectivity index (χ0n) is 11.9. The number of nitrogens with zero attached hydrogens (tertiary/aromatic N) is 1. The first-order valence-corrected chi connectivity index (χ1v) is 7.44. The number of aliphatic hydroxyl groups excluding tert-OH is 1. The highest BCUT2D eigenvalue weighted by atomic mass is 16.3. The first kappa shape index (κ1) is 14.4. The summed E-state index contributed by atoms with van der Waals surface area (Å²) in [7, 11) is 0. The summed E-state index contributed by atoms with van der Waals surface area (Å²) in [5.41, 5.74) is 7.84. The van der Waals surface area contributed by atoms with Crippen LogP contribution in [0.2, 0.25) is 0 Å². The molecule has 1 aliphatic carbocycles. The van der Waals surface area contributed by atoms with E-state index in [-0.39, 0.29) is 6.61 Å². The Kier molecular flexibility index (Phi) is 5.23. The fraction of sp³-hybridized carbons (Fsp3) is 0.625. The van der Waals surface area contributed by atoms with Crippen molar-refractivity contribution in [1.29, 1.82) is 0 Å². The largest absolute Gasteiger partial charge is 0.399 e. The third-order valence-corrected chi connectivity index (χ3v) is 4.32. The number of rotatable bonds is 5. The maximum atomic E-state index is 9.35. The minimum Gasteiger partial charge on any atom is -0.399 e. The third kappa shape index (κ3) is 3.71. The predicted molar refractivity (Wildman–Crippen MR) is 79.9 cm³/mol. The van der Waals surface area contributed by atoms with Crippen molar-refractivity contribution >= 4 is 5.69 Å². The molecule has 1 unspecified atom stereocenters. The van der Waals surface area contributed by atoms with Gasteiger partial charge in [0.15, 0.2) is 0 Å². The molecule has 2 rings (SSSR count). The summed E-state index contributed by atoms with van der Waals surface area (Å²) in [5.74, 6) is 0. The second-order valence-electron chi connectivity index (χ2n) is 5.60. The van der Waals surface area contributed by atoms with Crippen LogP contribution in [0.4, 0.5) is 5.69 Å². The van der Waals surface area contributed by atoms with Gasteiger partial charge in [0.25, 0.3) is 0 Å². The molecule has 0 radical (unpaired) electrons. The maximum absolute atomic E-state index is 9.35. The van der Waals surface area contributed by atoms with Crippen LogP contribution >= 0.6 is 0 Å². The molecule has 1 fully saturated rings. The minimum atomic E-state index is 0.232. The maximum Gasteiger partial charge on any atom is 0.0558 e. The Hall–Kier alpha value is -1.06. The Morgan fingerprint density at radius 3 is 2.42 bits per heavy atom. The standard InChI is InChI=1S/C16H26N2O/c1-13(14-7-9-15(17)10-8-14)18(11-12-19)16-5-3-2-4-6-16/h7-10,13,16,19H,2-6,11-12,17H2,1H3. The van der Waals surface area contributed by atoms with Crippen LogP contribution in [0.5, 0.6) is 0 Å². The molecule has 1 saturated carbocycles. The van der Waals surface area contributed by atoms with Gasteiger partial charge in [-0.2, -0.15) is 0 Å². The number of anilines is 1. The molecule has 0 amide bonds. The van der Waals surface area contributed by atoms with Gasteiger partial charge in [-0.1, -0.05) is 31.4 Å². The van der Waals surface area contributed by atoms with Crippen molar-refractivity contribution < 1.29 is 5.11 Å². The summed E-state index contributed by atoms with van der Waals surface area (Å²) < 4.78 is 0. The lowest BCUT2D eigenvalue weighted by atomic mass is 9.92. The second kappa shape index (κ2) is 6.92. The zero-order valence-corrected chi connectivity index (χ0v) is 11.9. The first-order chi connectivity index (χ1) is 9.22. The molecular formula is C16H26N2O. The number of nitrogen functional groups attached to an aromatic ring is 1. The number of hydrogen-bond acceptors (Lipinski definition) is 3. The minimum absolute atomic E-state index is 0.232. The van der Waals surface area contributed by atoms with Crippen molar-refractivity contribution in [3.8, 4) is 0 Å². The van der Waals surface area contributed by atoms with Gasteiger partial charge in [-0.05, 0) is 37.5 Å². The summed E-state index contributed by atoms with van der Waals surface area (Å²) in [6.45, 7) is 3.22. The SMILES string of the molecule is CC(c1ccc(N)cc1)N(CCO)C1CCCCC1. The van der Waals surface area contributed by atoms with Crippen molar-refractivity contribution in [2.45, 2.75) is 51.1 Å². The van der Waals surface area contributed by atoms with E-state index >= 15 is 0 Å². The van der Waals surface area contributed by atoms with E-state index in [0.29, 0.717) is 12.1 Å². The van der Waals surface area contributed by atoms with Crippen LogP contribution < -0.4 is 5.73 Å². The number of aliphatic hydroxyl groups is 1. The highest BCUT2D eigenvalue weighted by Crippen LogP contribution is 2.30. The lowest BCUT2D eigenvalue weighted by Crippen LogP contribution is -2.40. The number of nitrogens with two attached hydrogens (primary N) is 1. The van der Waals surface area contributed by atoms with E-state index in [2.05, 4.69) is 24.0 Å². The van der Waals surface area contributed by atoms with E-state index in [1.54, 1.807) is 0 Å². The molecule has 1 aliphatic rings. The average molecular weight is 262 g/mol. The van der Waals surface area contributed by atoms with Gasteiger partial charge < -0.3 is 10.8 Å². The van der Waals surface area contributed by atoms with Crippen molar-refractivity contribution in [3.05, 3.63) is 29.8 Å². The van der Waals surface area contributed by atoms with Gasteiger partial charge in [0.2, 0.25) is 0 Å². The van der Waals surface area contributed by atoms with Crippen LogP contribution in [-0.2, 0) is 0 Å². The fourth-order valence-corrected chi connectivity index (χ4v) is 3.19. The Balaban J connectivity index is 2.10. The molecule has 0 heterocycles. The van der Waals surface area contributed by atoms with Gasteiger partial charge in [-0.3, -0.25) is 4.90 Å². The topological polar surface area (TPSA) is 49.5 Å². The predicted octanol–water partition coefficient (Wildman–Crippen LogP) is 2.96. The molecular weight excluding hydrogens is 236 g/mol. The lowest BCUT2D eigenvalue weighted by Gasteiger charge is -2.38. The Morgan fingerprint density at radius 2 is 1.84 bits per heavy atom. The molecule has 3 N–H and O–H groups in total. The van der Waals surface area contributed by atoms with Crippen LogP contribution in [0.3, 0.4) is 0 Å². The molecule has 3 nitrogen and oxygen atoms in total. The summed E-state index contributed by atoms with van der Waals surface area (Å²) in [4.78, 5) is 2.46. The van der Waals surface area contributed by atoms with E-state index < -0.39 is 0 Å². The summed E-state index contributed by atoms with van der Waals surface area (Å²) in [6, 6.07) is 9.10. The smallest absolute Gasteiger partial charge is 0.0558 e. The zero-order chi connectivity index (χ0) is 13.7. The second-order valence-corrected chi connectivity index (χ2v) is 5.60. The Morgan fingerprint density at radius 1 is 1.21 bits per heavy atom. The number of hydrogen-bond donors (Lipinski definition) is 2. The Bertz CT molecular complexity index is 371. The van der Waals surface area contributed by atoms with Gasteiger partial charge in [-0.25, -0.2) is 0 Å². The summed E-state index contributed by atoms with van der Waals surface area (Å²) in [5, 5.41) is 9.35. The summed E-state index contributed by atoms with van der Waals surface area (Å²) in [6.07, 6.45) is 6.53. The van der Waals surface area contributed by atoms with Gasteiger partial charge >= 0.3 is 0 Å². The van der Waals surface area contributed by atoms with Gasteiger partial charge in [0, 0.05) is 24.3 Å². The van der Waals surface area contributed by atoms with E-state index in [0.717, 1.165) is 12.2 Å². The van der Waals surface area contributed by atoms with Crippen molar-refractivity contribution in [2.75, 3.05) is 18.9 Å². The molecule has 0 bridgehead atoms. The van der Waals surface area contributed by atoms with Gasteiger partial charge in [0.05, 0.1) is 6.61 Å². The van der Waals surface area contributed by atoms with Crippen LogP contribution in [0.1, 0.15) is 50.6 Å². The van der Waals surface area contributed by atoms with Crippen LogP contribution in [0.15, 0.2) is 24.3 Å². The van der Waals surface area contributed by atoms with E-state index in [1.165, 1.54) is 37.7 Å². The molecule has 1 aromatic rings. The molecule has 3 heteroatoms. The van der Waals surface area contributed by atoms with Crippen molar-refractivity contribution in [3.63, 3.8) is 0 Å². The average Bonchev–Trinajstić information content (AvgIpc) is 2.46. The molecule has 106 valence electrons. The molecule has 0 aromatic heterocycles. The van der Waals surface area contributed by atoms with Crippen LogP contribution in [0.25, 0.3) is 0 Å². The fourth-order valence-electron chi connectivity index (χ4n) is 3.19. The molecule has 0 saturated heterocycles. The molecule has 1 aromatic carbocycles. The first-order valence-electron chi connectivity index (χ1n) is 7.44. The van der Waals surface area contributed by atoms with Crippen molar-refractivity contribution in [1.82, 2.24) is 4.90 Å². The Labute approximate surface area is 116 Å². The molecule has 1 atom stereocenters. The van der Waals surface area contributed by atoms with Crippen LogP contribution in [-0.4, -0.2) is 29.2 Å².